The van der Waals surface area contributed by atoms with Crippen LogP contribution >= 0.6 is 0 Å². The SMILES string of the molecule is CCCCc1cccc2c(-c3ccc4ccccc4c3)c3ccccc3c(-c3ccc4ccccc4c3)c12.c1ccc2cc(-c3c4ccccc4c(-c4ccc5ccccc5c4)c4ccccc34)ccc2c1. The number of benzene rings is 14. The van der Waals surface area contributed by atoms with Crippen molar-refractivity contribution in [3.63, 3.8) is 0 Å². The third-order valence-electron chi connectivity index (χ3n) is 15.0. The van der Waals surface area contributed by atoms with E-state index in [1.807, 2.05) is 0 Å². The highest BCUT2D eigenvalue weighted by atomic mass is 14.2. The normalized spacial score (nSPS) is 11.6. The van der Waals surface area contributed by atoms with Crippen molar-refractivity contribution < 1.29 is 0 Å². The summed E-state index contributed by atoms with van der Waals surface area (Å²) in [6.07, 6.45) is 3.46. The van der Waals surface area contributed by atoms with E-state index in [1.54, 1.807) is 0 Å². The summed E-state index contributed by atoms with van der Waals surface area (Å²) in [7, 11) is 0. The summed E-state index contributed by atoms with van der Waals surface area (Å²) in [5.41, 5.74) is 11.8. The number of unbranched alkanes of at least 4 members (excludes halogenated alkanes) is 1. The van der Waals surface area contributed by atoms with Gasteiger partial charge >= 0.3 is 0 Å². The van der Waals surface area contributed by atoms with E-state index in [4.69, 9.17) is 0 Å². The van der Waals surface area contributed by atoms with Crippen molar-refractivity contribution in [3.05, 3.63) is 266 Å². The van der Waals surface area contributed by atoms with Crippen LogP contribution in [0.15, 0.2) is 261 Å². The quantitative estimate of drug-likeness (QED) is 0.140. The lowest BCUT2D eigenvalue weighted by atomic mass is 9.83. The van der Waals surface area contributed by atoms with Gasteiger partial charge in [0.2, 0.25) is 0 Å². The highest BCUT2D eigenvalue weighted by Gasteiger charge is 2.20. The van der Waals surface area contributed by atoms with Gasteiger partial charge < -0.3 is 0 Å². The van der Waals surface area contributed by atoms with Crippen LogP contribution in [0.5, 0.6) is 0 Å². The molecule has 0 atom stereocenters. The van der Waals surface area contributed by atoms with E-state index in [2.05, 4.69) is 268 Å². The zero-order valence-corrected chi connectivity index (χ0v) is 40.4. The lowest BCUT2D eigenvalue weighted by Crippen LogP contribution is -1.95. The molecule has 0 N–H and O–H groups in total. The summed E-state index contributed by atoms with van der Waals surface area (Å²) in [4.78, 5) is 0. The predicted octanol–water partition coefficient (Wildman–Crippen LogP) is 20.6. The second-order valence-corrected chi connectivity index (χ2v) is 19.3. The fourth-order valence-corrected chi connectivity index (χ4v) is 11.6. The van der Waals surface area contributed by atoms with Gasteiger partial charge in [-0.2, -0.15) is 0 Å². The molecule has 0 nitrogen and oxygen atoms in total. The number of hydrogen-bond donors (Lipinski definition) is 0. The maximum Gasteiger partial charge on any atom is -0.00234 e. The Kier molecular flexibility index (Phi) is 11.1. The Hall–Kier alpha value is -8.84. The van der Waals surface area contributed by atoms with Gasteiger partial charge in [-0.25, -0.2) is 0 Å². The molecule has 0 aromatic heterocycles. The number of aryl methyl sites for hydroxylation is 1. The Bertz CT molecular complexity index is 4190. The zero-order chi connectivity index (χ0) is 48.0. The van der Waals surface area contributed by atoms with Crippen molar-refractivity contribution in [1.82, 2.24) is 0 Å². The first-order chi connectivity index (χ1) is 35.7. The van der Waals surface area contributed by atoms with Crippen molar-refractivity contribution in [2.24, 2.45) is 0 Å². The third-order valence-corrected chi connectivity index (χ3v) is 15.0. The molecule has 0 amide bonds. The van der Waals surface area contributed by atoms with Gasteiger partial charge in [-0.05, 0) is 173 Å². The Labute approximate surface area is 421 Å². The monoisotopic (exact) mass is 916 g/mol. The van der Waals surface area contributed by atoms with Gasteiger partial charge in [-0.3, -0.25) is 0 Å². The first kappa shape index (κ1) is 43.2. The highest BCUT2D eigenvalue weighted by molar-refractivity contribution is 6.24. The summed E-state index contributed by atoms with van der Waals surface area (Å²) in [5.74, 6) is 0. The number of rotatable bonds is 7. The lowest BCUT2D eigenvalue weighted by molar-refractivity contribution is 0.799. The van der Waals surface area contributed by atoms with Gasteiger partial charge in [-0.1, -0.05) is 250 Å². The fourth-order valence-electron chi connectivity index (χ4n) is 11.6. The van der Waals surface area contributed by atoms with Gasteiger partial charge in [0.15, 0.2) is 0 Å². The zero-order valence-electron chi connectivity index (χ0n) is 40.4. The van der Waals surface area contributed by atoms with Crippen LogP contribution in [0.25, 0.3) is 131 Å². The van der Waals surface area contributed by atoms with Crippen molar-refractivity contribution in [2.45, 2.75) is 26.2 Å². The van der Waals surface area contributed by atoms with E-state index >= 15 is 0 Å². The minimum Gasteiger partial charge on any atom is -0.0654 e. The Morgan fingerprint density at radius 3 is 0.861 bits per heavy atom. The lowest BCUT2D eigenvalue weighted by Gasteiger charge is -2.20. The van der Waals surface area contributed by atoms with Crippen LogP contribution in [0.1, 0.15) is 25.3 Å². The first-order valence-corrected chi connectivity index (χ1v) is 25.5. The molecule has 0 aliphatic carbocycles. The molecule has 0 unspecified atom stereocenters. The van der Waals surface area contributed by atoms with Crippen LogP contribution in [0.2, 0.25) is 0 Å². The van der Waals surface area contributed by atoms with Crippen LogP contribution in [0, 0.1) is 0 Å². The second-order valence-electron chi connectivity index (χ2n) is 19.3. The molecule has 14 aromatic rings. The minimum atomic E-state index is 1.09. The van der Waals surface area contributed by atoms with Crippen LogP contribution in [-0.4, -0.2) is 0 Å². The maximum absolute atomic E-state index is 2.38. The molecule has 340 valence electrons. The molecule has 72 heavy (non-hydrogen) atoms. The van der Waals surface area contributed by atoms with Crippen molar-refractivity contribution >= 4 is 86.2 Å². The molecule has 0 radical (unpaired) electrons. The van der Waals surface area contributed by atoms with Gasteiger partial charge in [0.05, 0.1) is 0 Å². The van der Waals surface area contributed by atoms with E-state index in [9.17, 15) is 0 Å². The average molecular weight is 917 g/mol. The van der Waals surface area contributed by atoms with Crippen LogP contribution in [-0.2, 0) is 6.42 Å². The Morgan fingerprint density at radius 2 is 0.514 bits per heavy atom. The molecule has 0 aliphatic rings. The molecule has 0 fully saturated rings. The first-order valence-electron chi connectivity index (χ1n) is 25.5. The molecule has 14 aromatic carbocycles. The fraction of sp³-hybridized carbons (Fsp3) is 0.0556. The van der Waals surface area contributed by atoms with E-state index in [-0.39, 0.29) is 0 Å². The molecule has 0 saturated carbocycles. The largest absolute Gasteiger partial charge is 0.0654 e. The van der Waals surface area contributed by atoms with Gasteiger partial charge in [0.1, 0.15) is 0 Å². The van der Waals surface area contributed by atoms with Crippen molar-refractivity contribution in [1.29, 1.82) is 0 Å². The molecule has 0 saturated heterocycles. The van der Waals surface area contributed by atoms with Gasteiger partial charge in [0.25, 0.3) is 0 Å². The molecule has 0 bridgehead atoms. The molecule has 0 spiro atoms. The van der Waals surface area contributed by atoms with Crippen molar-refractivity contribution in [3.8, 4) is 44.5 Å². The minimum absolute atomic E-state index is 1.09. The van der Waals surface area contributed by atoms with Crippen LogP contribution < -0.4 is 0 Å². The predicted molar refractivity (Wildman–Crippen MR) is 313 cm³/mol. The molecule has 0 aliphatic heterocycles. The summed E-state index contributed by atoms with van der Waals surface area (Å²) in [6, 6.07) is 95.8. The topological polar surface area (TPSA) is 0 Å². The second kappa shape index (κ2) is 18.5. The molecule has 0 heteroatoms. The summed E-state index contributed by atoms with van der Waals surface area (Å²) < 4.78 is 0. The molecular weight excluding hydrogens is 865 g/mol. The van der Waals surface area contributed by atoms with Crippen LogP contribution in [0.3, 0.4) is 0 Å². The number of fused-ring (bicyclic) bond motifs is 8. The Balaban J connectivity index is 0.000000141. The third kappa shape index (κ3) is 7.64. The highest BCUT2D eigenvalue weighted by Crippen LogP contribution is 2.47. The Morgan fingerprint density at radius 1 is 0.236 bits per heavy atom. The molecular formula is C72H52. The summed E-state index contributed by atoms with van der Waals surface area (Å²) in [6.45, 7) is 2.28. The van der Waals surface area contributed by atoms with E-state index < -0.39 is 0 Å². The summed E-state index contributed by atoms with van der Waals surface area (Å²) >= 11 is 0. The average Bonchev–Trinajstić information content (AvgIpc) is 3.45. The van der Waals surface area contributed by atoms with E-state index in [1.165, 1.54) is 149 Å². The molecule has 0 heterocycles. The summed E-state index contributed by atoms with van der Waals surface area (Å²) in [5, 5.41) is 20.7. The smallest absolute Gasteiger partial charge is 0.00234 e. The number of hydrogen-bond acceptors (Lipinski definition) is 0. The standard InChI is InChI=1S/C38H30.C34H22/c1-2-3-11-28-16-10-19-35-36(31-22-20-26-12-4-6-14-29(26)24-31)33-17-8-9-18-34(33)38(37(28)35)32-23-21-27-13-5-7-15-30(27)25-32;1-3-11-25-21-27(19-17-23(25)9-1)33-29-13-5-7-15-31(29)34(32-16-8-6-14-30(32)33)28-20-18-24-10-2-4-12-26(24)22-28/h4-10,12-25H,2-3,11H2,1H3;1-22H. The van der Waals surface area contributed by atoms with Gasteiger partial charge in [-0.15, -0.1) is 0 Å². The van der Waals surface area contributed by atoms with Crippen LogP contribution in [0.4, 0.5) is 0 Å². The van der Waals surface area contributed by atoms with Gasteiger partial charge in [0, 0.05) is 0 Å². The molecule has 14 rings (SSSR count). The van der Waals surface area contributed by atoms with E-state index in [0.717, 1.165) is 6.42 Å². The maximum atomic E-state index is 2.38. The van der Waals surface area contributed by atoms with Crippen molar-refractivity contribution in [2.75, 3.05) is 0 Å². The van der Waals surface area contributed by atoms with E-state index in [0.29, 0.717) is 0 Å².